The standard InChI is InChI=1S/C18H21ClN2O5/c1-18(2,3)25-9-8-13(17(23)24)20-16(22)14-10-15(26-21-14)11-4-6-12(19)7-5-11/h4-7,10,13H,8-9H2,1-3H3,(H,20,22)(H,23,24). The molecule has 0 bridgehead atoms. The average Bonchev–Trinajstić information content (AvgIpc) is 3.03. The summed E-state index contributed by atoms with van der Waals surface area (Å²) in [4.78, 5) is 23.6. The molecule has 2 rings (SSSR count). The largest absolute Gasteiger partial charge is 0.480 e. The molecule has 0 aliphatic heterocycles. The maximum atomic E-state index is 12.3. The molecule has 0 spiro atoms. The van der Waals surface area contributed by atoms with Crippen molar-refractivity contribution < 1.29 is 24.0 Å². The number of rotatable bonds is 7. The van der Waals surface area contributed by atoms with Gasteiger partial charge < -0.3 is 19.7 Å². The van der Waals surface area contributed by atoms with Crippen molar-refractivity contribution in [1.29, 1.82) is 0 Å². The number of benzene rings is 1. The van der Waals surface area contributed by atoms with Crippen LogP contribution in [-0.2, 0) is 9.53 Å². The Hall–Kier alpha value is -2.38. The average molecular weight is 381 g/mol. The zero-order chi connectivity index (χ0) is 19.3. The molecule has 26 heavy (non-hydrogen) atoms. The third kappa shape index (κ3) is 5.86. The van der Waals surface area contributed by atoms with Gasteiger partial charge in [-0.1, -0.05) is 16.8 Å². The molecule has 0 radical (unpaired) electrons. The Morgan fingerprint density at radius 2 is 1.96 bits per heavy atom. The lowest BCUT2D eigenvalue weighted by molar-refractivity contribution is -0.140. The van der Waals surface area contributed by atoms with Gasteiger partial charge in [-0.3, -0.25) is 4.79 Å². The molecule has 2 N–H and O–H groups in total. The van der Waals surface area contributed by atoms with E-state index in [9.17, 15) is 14.7 Å². The van der Waals surface area contributed by atoms with Crippen LogP contribution in [0.3, 0.4) is 0 Å². The van der Waals surface area contributed by atoms with Gasteiger partial charge in [0.25, 0.3) is 5.91 Å². The van der Waals surface area contributed by atoms with Gasteiger partial charge in [0.1, 0.15) is 6.04 Å². The molecule has 1 aromatic heterocycles. The van der Waals surface area contributed by atoms with Gasteiger partial charge in [0.2, 0.25) is 0 Å². The van der Waals surface area contributed by atoms with E-state index in [0.29, 0.717) is 16.3 Å². The van der Waals surface area contributed by atoms with Gasteiger partial charge >= 0.3 is 5.97 Å². The topological polar surface area (TPSA) is 102 Å². The van der Waals surface area contributed by atoms with Crippen LogP contribution >= 0.6 is 11.6 Å². The van der Waals surface area contributed by atoms with Crippen LogP contribution < -0.4 is 5.32 Å². The van der Waals surface area contributed by atoms with Crippen molar-refractivity contribution in [1.82, 2.24) is 10.5 Å². The third-order valence-electron chi connectivity index (χ3n) is 3.42. The summed E-state index contributed by atoms with van der Waals surface area (Å²) < 4.78 is 10.7. The highest BCUT2D eigenvalue weighted by Crippen LogP contribution is 2.22. The number of carboxylic acid groups (broad SMARTS) is 1. The molecule has 140 valence electrons. The highest BCUT2D eigenvalue weighted by Gasteiger charge is 2.23. The van der Waals surface area contributed by atoms with E-state index in [1.165, 1.54) is 6.07 Å². The van der Waals surface area contributed by atoms with Gasteiger partial charge in [0.05, 0.1) is 5.60 Å². The van der Waals surface area contributed by atoms with Crippen LogP contribution in [0.2, 0.25) is 5.02 Å². The summed E-state index contributed by atoms with van der Waals surface area (Å²) in [5.74, 6) is -1.39. The number of carbonyl (C=O) groups excluding carboxylic acids is 1. The van der Waals surface area contributed by atoms with Gasteiger partial charge in [0.15, 0.2) is 11.5 Å². The van der Waals surface area contributed by atoms with E-state index in [4.69, 9.17) is 20.9 Å². The van der Waals surface area contributed by atoms with Gasteiger partial charge in [-0.25, -0.2) is 4.79 Å². The minimum Gasteiger partial charge on any atom is -0.480 e. The number of aromatic nitrogens is 1. The van der Waals surface area contributed by atoms with Crippen molar-refractivity contribution in [2.45, 2.75) is 38.8 Å². The number of carboxylic acids is 1. The second-order valence-corrected chi connectivity index (χ2v) is 7.13. The molecule has 0 saturated carbocycles. The van der Waals surface area contributed by atoms with Crippen LogP contribution in [0, 0.1) is 0 Å². The van der Waals surface area contributed by atoms with Crippen molar-refractivity contribution >= 4 is 23.5 Å². The minimum absolute atomic E-state index is 0.00191. The van der Waals surface area contributed by atoms with Crippen LogP contribution in [0.25, 0.3) is 11.3 Å². The molecule has 0 aliphatic carbocycles. The molecule has 1 unspecified atom stereocenters. The lowest BCUT2D eigenvalue weighted by Gasteiger charge is -2.21. The fourth-order valence-electron chi connectivity index (χ4n) is 2.10. The molecule has 1 amide bonds. The molecule has 0 aliphatic rings. The van der Waals surface area contributed by atoms with Gasteiger partial charge in [-0.05, 0) is 45.0 Å². The number of nitrogens with zero attached hydrogens (tertiary/aromatic N) is 1. The molecular formula is C18H21ClN2O5. The molecule has 2 aromatic rings. The van der Waals surface area contributed by atoms with Crippen LogP contribution in [0.1, 0.15) is 37.7 Å². The van der Waals surface area contributed by atoms with Crippen molar-refractivity contribution in [2.75, 3.05) is 6.61 Å². The zero-order valence-corrected chi connectivity index (χ0v) is 15.5. The number of hydrogen-bond acceptors (Lipinski definition) is 5. The fraction of sp³-hybridized carbons (Fsp3) is 0.389. The first kappa shape index (κ1) is 19.9. The number of aliphatic carboxylic acids is 1. The minimum atomic E-state index is -1.14. The first-order valence-corrected chi connectivity index (χ1v) is 8.44. The second kappa shape index (κ2) is 8.33. The Kier molecular flexibility index (Phi) is 6.39. The predicted molar refractivity (Wildman–Crippen MR) is 96.2 cm³/mol. The van der Waals surface area contributed by atoms with Crippen molar-refractivity contribution in [3.63, 3.8) is 0 Å². The Labute approximate surface area is 156 Å². The van der Waals surface area contributed by atoms with Crippen molar-refractivity contribution in [3.05, 3.63) is 41.0 Å². The second-order valence-electron chi connectivity index (χ2n) is 6.70. The van der Waals surface area contributed by atoms with Crippen molar-refractivity contribution in [3.8, 4) is 11.3 Å². The first-order valence-electron chi connectivity index (χ1n) is 8.06. The Balaban J connectivity index is 2.01. The smallest absolute Gasteiger partial charge is 0.326 e. The molecule has 0 saturated heterocycles. The number of halogens is 1. The zero-order valence-electron chi connectivity index (χ0n) is 14.8. The summed E-state index contributed by atoms with van der Waals surface area (Å²) in [6.45, 7) is 5.81. The summed E-state index contributed by atoms with van der Waals surface area (Å²) in [5, 5.41) is 16.0. The Morgan fingerprint density at radius 1 is 1.31 bits per heavy atom. The molecule has 7 nitrogen and oxygen atoms in total. The normalized spacial score (nSPS) is 12.6. The van der Waals surface area contributed by atoms with Crippen LogP contribution in [0.15, 0.2) is 34.9 Å². The highest BCUT2D eigenvalue weighted by atomic mass is 35.5. The number of hydrogen-bond donors (Lipinski definition) is 2. The number of ether oxygens (including phenoxy) is 1. The van der Waals surface area contributed by atoms with Gasteiger partial charge in [0, 0.05) is 29.7 Å². The van der Waals surface area contributed by atoms with Crippen LogP contribution in [-0.4, -0.2) is 40.4 Å². The molecule has 0 fully saturated rings. The van der Waals surface area contributed by atoms with Gasteiger partial charge in [-0.2, -0.15) is 0 Å². The van der Waals surface area contributed by atoms with Crippen LogP contribution in [0.4, 0.5) is 0 Å². The van der Waals surface area contributed by atoms with E-state index in [1.54, 1.807) is 24.3 Å². The van der Waals surface area contributed by atoms with E-state index in [0.717, 1.165) is 0 Å². The van der Waals surface area contributed by atoms with E-state index in [1.807, 2.05) is 20.8 Å². The quantitative estimate of drug-likeness (QED) is 0.763. The molecule has 1 heterocycles. The molecular weight excluding hydrogens is 360 g/mol. The predicted octanol–water partition coefficient (Wildman–Crippen LogP) is 3.38. The molecule has 1 aromatic carbocycles. The maximum absolute atomic E-state index is 12.3. The lowest BCUT2D eigenvalue weighted by atomic mass is 10.1. The van der Waals surface area contributed by atoms with Gasteiger partial charge in [-0.15, -0.1) is 0 Å². The van der Waals surface area contributed by atoms with Crippen molar-refractivity contribution in [2.24, 2.45) is 0 Å². The van der Waals surface area contributed by atoms with E-state index in [-0.39, 0.29) is 24.3 Å². The SMILES string of the molecule is CC(C)(C)OCCC(NC(=O)c1cc(-c2ccc(Cl)cc2)on1)C(=O)O. The molecule has 1 atom stereocenters. The Morgan fingerprint density at radius 3 is 2.54 bits per heavy atom. The summed E-state index contributed by atoms with van der Waals surface area (Å²) in [5.41, 5.74) is 0.319. The fourth-order valence-corrected chi connectivity index (χ4v) is 2.23. The van der Waals surface area contributed by atoms with E-state index in [2.05, 4.69) is 10.5 Å². The summed E-state index contributed by atoms with van der Waals surface area (Å²) in [6, 6.07) is 7.20. The third-order valence-corrected chi connectivity index (χ3v) is 3.67. The van der Waals surface area contributed by atoms with E-state index < -0.39 is 17.9 Å². The lowest BCUT2D eigenvalue weighted by Crippen LogP contribution is -2.42. The number of carbonyl (C=O) groups is 2. The monoisotopic (exact) mass is 380 g/mol. The van der Waals surface area contributed by atoms with E-state index >= 15 is 0 Å². The Bertz CT molecular complexity index is 765. The summed E-state index contributed by atoms with van der Waals surface area (Å²) >= 11 is 5.84. The summed E-state index contributed by atoms with van der Waals surface area (Å²) in [6.07, 6.45) is 0.139. The first-order chi connectivity index (χ1) is 12.2. The number of amides is 1. The number of nitrogens with one attached hydrogen (secondary N) is 1. The maximum Gasteiger partial charge on any atom is 0.326 e. The van der Waals surface area contributed by atoms with Crippen LogP contribution in [0.5, 0.6) is 0 Å². The summed E-state index contributed by atoms with van der Waals surface area (Å²) in [7, 11) is 0. The highest BCUT2D eigenvalue weighted by molar-refractivity contribution is 6.30. The molecule has 8 heteroatoms.